The second kappa shape index (κ2) is 62.9. The Morgan fingerprint density at radius 1 is 0.280 bits per heavy atom. The molecule has 0 aromatic rings. The zero-order valence-corrected chi connectivity index (χ0v) is 49.3. The molecule has 0 spiro atoms. The third-order valence-electron chi connectivity index (χ3n) is 13.5. The predicted octanol–water partition coefficient (Wildman–Crippen LogP) is 21.7. The molecule has 0 radical (unpaired) electrons. The molecular formula is C69H118O6. The van der Waals surface area contributed by atoms with Crippen molar-refractivity contribution in [3.63, 3.8) is 0 Å². The maximum Gasteiger partial charge on any atom is 0.306 e. The fourth-order valence-electron chi connectivity index (χ4n) is 8.80. The third-order valence-corrected chi connectivity index (χ3v) is 13.5. The van der Waals surface area contributed by atoms with E-state index in [2.05, 4.69) is 118 Å². The molecule has 0 saturated carbocycles. The van der Waals surface area contributed by atoms with Crippen LogP contribution in [0.1, 0.15) is 303 Å². The Bertz CT molecular complexity index is 1480. The van der Waals surface area contributed by atoms with Gasteiger partial charge in [-0.1, -0.05) is 266 Å². The normalized spacial score (nSPS) is 12.7. The molecule has 0 fully saturated rings. The molecule has 75 heavy (non-hydrogen) atoms. The first-order valence-electron chi connectivity index (χ1n) is 31.7. The van der Waals surface area contributed by atoms with Crippen LogP contribution in [-0.2, 0) is 28.6 Å². The summed E-state index contributed by atoms with van der Waals surface area (Å²) in [4.78, 5) is 38.2. The van der Waals surface area contributed by atoms with Crippen molar-refractivity contribution in [2.45, 2.75) is 309 Å². The predicted molar refractivity (Wildman–Crippen MR) is 325 cm³/mol. The highest BCUT2D eigenvalue weighted by Gasteiger charge is 2.19. The zero-order chi connectivity index (χ0) is 54.3. The van der Waals surface area contributed by atoms with Crippen LogP contribution in [0, 0.1) is 0 Å². The number of hydrogen-bond donors (Lipinski definition) is 0. The highest BCUT2D eigenvalue weighted by Crippen LogP contribution is 2.16. The molecule has 0 aliphatic carbocycles. The van der Waals surface area contributed by atoms with E-state index < -0.39 is 6.10 Å². The van der Waals surface area contributed by atoms with E-state index in [-0.39, 0.29) is 37.5 Å². The number of carbonyl (C=O) groups is 3. The van der Waals surface area contributed by atoms with Crippen molar-refractivity contribution in [2.75, 3.05) is 13.2 Å². The first-order chi connectivity index (χ1) is 37.0. The fraction of sp³-hybridized carbons (Fsp3) is 0.725. The summed E-state index contributed by atoms with van der Waals surface area (Å²) in [7, 11) is 0. The molecule has 0 N–H and O–H groups in total. The van der Waals surface area contributed by atoms with Crippen molar-refractivity contribution in [1.29, 1.82) is 0 Å². The number of carbonyl (C=O) groups excluding carboxylic acids is 3. The first kappa shape index (κ1) is 71.3. The van der Waals surface area contributed by atoms with Gasteiger partial charge in [-0.3, -0.25) is 14.4 Å². The molecule has 0 saturated heterocycles. The number of rotatable bonds is 57. The van der Waals surface area contributed by atoms with Crippen LogP contribution in [0.25, 0.3) is 0 Å². The highest BCUT2D eigenvalue weighted by atomic mass is 16.6. The Labute approximate surface area is 464 Å². The smallest absolute Gasteiger partial charge is 0.306 e. The molecule has 0 aromatic carbocycles. The minimum Gasteiger partial charge on any atom is -0.462 e. The Kier molecular flexibility index (Phi) is 59.8. The summed E-state index contributed by atoms with van der Waals surface area (Å²) in [5.74, 6) is -0.963. The summed E-state index contributed by atoms with van der Waals surface area (Å²) >= 11 is 0. The zero-order valence-electron chi connectivity index (χ0n) is 49.3. The SMILES string of the molecule is CC/C=C\C/C=C\C/C=C\C/C=C\C/C=C\CCCC(=O)OC(COC(=O)CCCCCCC/C=C\CCCCCC)COC(=O)CCCCCCCCCCCCCCCCC/C=C\C/C=C\CCCCCCC. The van der Waals surface area contributed by atoms with Crippen molar-refractivity contribution in [3.05, 3.63) is 97.2 Å². The van der Waals surface area contributed by atoms with Gasteiger partial charge < -0.3 is 14.2 Å². The lowest BCUT2D eigenvalue weighted by atomic mass is 10.0. The molecule has 6 heteroatoms. The van der Waals surface area contributed by atoms with Crippen molar-refractivity contribution < 1.29 is 28.6 Å². The molecule has 0 heterocycles. The lowest BCUT2D eigenvalue weighted by molar-refractivity contribution is -0.167. The van der Waals surface area contributed by atoms with E-state index >= 15 is 0 Å². The van der Waals surface area contributed by atoms with Gasteiger partial charge in [0.05, 0.1) is 0 Å². The van der Waals surface area contributed by atoms with E-state index in [9.17, 15) is 14.4 Å². The van der Waals surface area contributed by atoms with Crippen molar-refractivity contribution in [3.8, 4) is 0 Å². The van der Waals surface area contributed by atoms with Gasteiger partial charge >= 0.3 is 17.9 Å². The summed E-state index contributed by atoms with van der Waals surface area (Å²) in [6.07, 6.45) is 84.3. The van der Waals surface area contributed by atoms with Gasteiger partial charge in [-0.2, -0.15) is 0 Å². The number of hydrogen-bond acceptors (Lipinski definition) is 6. The van der Waals surface area contributed by atoms with Crippen LogP contribution < -0.4 is 0 Å². The first-order valence-corrected chi connectivity index (χ1v) is 31.7. The number of unbranched alkanes of at least 4 members (excludes halogenated alkanes) is 30. The Morgan fingerprint density at radius 3 is 0.880 bits per heavy atom. The molecule has 430 valence electrons. The standard InChI is InChI=1S/C69H118O6/c1-4-7-10-13-16-19-22-25-27-29-30-31-32-33-34-35-36-37-38-40-41-44-47-50-53-56-59-62-68(71)74-65-66(64-73-67(70)61-58-55-52-49-46-43-24-21-18-15-12-9-6-3)75-69(72)63-60-57-54-51-48-45-42-39-28-26-23-20-17-14-11-8-5-2/h8,11,17,20-22,24-26,28-30,42,45,51,54,66H,4-7,9-10,12-16,18-19,23,27,31-41,43-44,46-50,52-53,55-65H2,1-3H3/b11-8-,20-17-,24-21-,25-22-,28-26-,30-29-,45-42-,54-51-. The molecule has 1 atom stereocenters. The monoisotopic (exact) mass is 1040 g/mol. The minimum absolute atomic E-state index is 0.102. The molecule has 0 aliphatic rings. The summed E-state index contributed by atoms with van der Waals surface area (Å²) < 4.78 is 16.8. The molecule has 0 amide bonds. The summed E-state index contributed by atoms with van der Waals surface area (Å²) in [6.45, 7) is 6.47. The summed E-state index contributed by atoms with van der Waals surface area (Å²) in [5, 5.41) is 0. The largest absolute Gasteiger partial charge is 0.462 e. The van der Waals surface area contributed by atoms with Crippen LogP contribution in [0.15, 0.2) is 97.2 Å². The Hall–Kier alpha value is -3.67. The third kappa shape index (κ3) is 61.1. The average molecular weight is 1040 g/mol. The minimum atomic E-state index is -0.811. The van der Waals surface area contributed by atoms with E-state index in [0.29, 0.717) is 19.3 Å². The number of esters is 3. The Morgan fingerprint density at radius 2 is 0.533 bits per heavy atom. The van der Waals surface area contributed by atoms with Gasteiger partial charge in [0.2, 0.25) is 0 Å². The van der Waals surface area contributed by atoms with E-state index in [1.165, 1.54) is 161 Å². The van der Waals surface area contributed by atoms with Gasteiger partial charge in [-0.15, -0.1) is 0 Å². The van der Waals surface area contributed by atoms with Crippen molar-refractivity contribution in [1.82, 2.24) is 0 Å². The van der Waals surface area contributed by atoms with Crippen LogP contribution in [0.5, 0.6) is 0 Å². The average Bonchev–Trinajstić information content (AvgIpc) is 3.41. The van der Waals surface area contributed by atoms with Crippen molar-refractivity contribution in [2.24, 2.45) is 0 Å². The van der Waals surface area contributed by atoms with E-state index in [1.54, 1.807) is 0 Å². The second-order valence-corrected chi connectivity index (χ2v) is 20.9. The molecular weight excluding hydrogens is 925 g/mol. The maximum absolute atomic E-state index is 12.9. The fourth-order valence-corrected chi connectivity index (χ4v) is 8.80. The summed E-state index contributed by atoms with van der Waals surface area (Å²) in [5.41, 5.74) is 0. The number of ether oxygens (including phenoxy) is 3. The van der Waals surface area contributed by atoms with Crippen LogP contribution in [-0.4, -0.2) is 37.2 Å². The molecule has 0 bridgehead atoms. The van der Waals surface area contributed by atoms with E-state index in [4.69, 9.17) is 14.2 Å². The Balaban J connectivity index is 4.32. The van der Waals surface area contributed by atoms with Gasteiger partial charge in [0.15, 0.2) is 6.10 Å². The van der Waals surface area contributed by atoms with Crippen LogP contribution in [0.4, 0.5) is 0 Å². The van der Waals surface area contributed by atoms with Crippen LogP contribution in [0.2, 0.25) is 0 Å². The van der Waals surface area contributed by atoms with E-state index in [0.717, 1.165) is 96.3 Å². The molecule has 1 unspecified atom stereocenters. The summed E-state index contributed by atoms with van der Waals surface area (Å²) in [6, 6.07) is 0. The van der Waals surface area contributed by atoms with E-state index in [1.807, 2.05) is 0 Å². The lowest BCUT2D eigenvalue weighted by Gasteiger charge is -2.18. The lowest BCUT2D eigenvalue weighted by Crippen LogP contribution is -2.30. The molecule has 0 aliphatic heterocycles. The van der Waals surface area contributed by atoms with Gasteiger partial charge in [-0.05, 0) is 116 Å². The van der Waals surface area contributed by atoms with Gasteiger partial charge in [0.1, 0.15) is 13.2 Å². The van der Waals surface area contributed by atoms with Gasteiger partial charge in [0.25, 0.3) is 0 Å². The molecule has 6 nitrogen and oxygen atoms in total. The second-order valence-electron chi connectivity index (χ2n) is 20.9. The number of allylic oxidation sites excluding steroid dienone is 16. The van der Waals surface area contributed by atoms with Crippen LogP contribution >= 0.6 is 0 Å². The van der Waals surface area contributed by atoms with Crippen molar-refractivity contribution >= 4 is 17.9 Å². The van der Waals surface area contributed by atoms with Crippen LogP contribution in [0.3, 0.4) is 0 Å². The maximum atomic E-state index is 12.9. The highest BCUT2D eigenvalue weighted by molar-refractivity contribution is 5.71. The van der Waals surface area contributed by atoms with Gasteiger partial charge in [0, 0.05) is 19.3 Å². The quantitative estimate of drug-likeness (QED) is 0.0261. The van der Waals surface area contributed by atoms with Gasteiger partial charge in [-0.25, -0.2) is 0 Å². The topological polar surface area (TPSA) is 78.9 Å². The molecule has 0 rings (SSSR count). The molecule has 0 aromatic heterocycles.